The minimum Gasteiger partial charge on any atom is -0.366 e. The molecular weight excluding hydrogens is 274 g/mol. The molecule has 0 saturated carbocycles. The normalized spacial score (nSPS) is 18.7. The first kappa shape index (κ1) is 13.7. The van der Waals surface area contributed by atoms with Gasteiger partial charge in [-0.2, -0.15) is 5.26 Å². The predicted octanol–water partition coefficient (Wildman–Crippen LogP) is 1.46. The maximum Gasteiger partial charge on any atom is 0.152 e. The van der Waals surface area contributed by atoms with Gasteiger partial charge in [0.2, 0.25) is 0 Å². The molecule has 0 amide bonds. The van der Waals surface area contributed by atoms with Crippen LogP contribution in [0.5, 0.6) is 0 Å². The molecule has 1 aliphatic heterocycles. The summed E-state index contributed by atoms with van der Waals surface area (Å²) in [4.78, 5) is 1.39. The van der Waals surface area contributed by atoms with Crippen molar-refractivity contribution in [2.45, 2.75) is 6.42 Å². The average molecular weight is 286 g/mol. The fraction of sp³-hybridized carbons (Fsp3) is 0.417. The summed E-state index contributed by atoms with van der Waals surface area (Å²) in [7, 11) is -3.14. The lowest BCUT2D eigenvalue weighted by atomic mass is 10.2. The quantitative estimate of drug-likeness (QED) is 0.784. The smallest absolute Gasteiger partial charge is 0.152 e. The van der Waals surface area contributed by atoms with E-state index in [1.165, 1.54) is 4.90 Å². The fourth-order valence-electron chi connectivity index (χ4n) is 2.09. The van der Waals surface area contributed by atoms with Gasteiger partial charge in [-0.05, 0) is 18.6 Å². The summed E-state index contributed by atoms with van der Waals surface area (Å²) in [6, 6.07) is 3.58. The molecule has 1 heterocycles. The average Bonchev–Trinajstić information content (AvgIpc) is 2.50. The SMILES string of the molecule is N#Cc1cc(F)c(N2CCCS(=O)(=O)CC2)c(F)c1. The van der Waals surface area contributed by atoms with Crippen LogP contribution in [-0.2, 0) is 9.84 Å². The predicted molar refractivity (Wildman–Crippen MR) is 66.6 cm³/mol. The highest BCUT2D eigenvalue weighted by atomic mass is 32.2. The molecule has 1 fully saturated rings. The molecule has 2 rings (SSSR count). The number of nitriles is 1. The van der Waals surface area contributed by atoms with E-state index in [2.05, 4.69) is 0 Å². The molecule has 0 atom stereocenters. The first-order valence-corrected chi connectivity index (χ1v) is 7.59. The molecule has 1 aliphatic rings. The highest BCUT2D eigenvalue weighted by Crippen LogP contribution is 2.26. The van der Waals surface area contributed by atoms with Gasteiger partial charge < -0.3 is 4.90 Å². The zero-order chi connectivity index (χ0) is 14.0. The van der Waals surface area contributed by atoms with Gasteiger partial charge in [-0.15, -0.1) is 0 Å². The second-order valence-corrected chi connectivity index (χ2v) is 6.70. The Morgan fingerprint density at radius 3 is 2.37 bits per heavy atom. The second kappa shape index (κ2) is 5.13. The van der Waals surface area contributed by atoms with Crippen molar-refractivity contribution in [2.75, 3.05) is 29.5 Å². The summed E-state index contributed by atoms with van der Waals surface area (Å²) >= 11 is 0. The number of benzene rings is 1. The van der Waals surface area contributed by atoms with Crippen LogP contribution in [0.25, 0.3) is 0 Å². The van der Waals surface area contributed by atoms with E-state index in [1.54, 1.807) is 6.07 Å². The number of hydrogen-bond donors (Lipinski definition) is 0. The summed E-state index contributed by atoms with van der Waals surface area (Å²) in [5.41, 5.74) is -0.350. The third kappa shape index (κ3) is 3.01. The number of rotatable bonds is 1. The maximum atomic E-state index is 13.8. The van der Waals surface area contributed by atoms with Crippen LogP contribution in [-0.4, -0.2) is 33.0 Å². The Balaban J connectivity index is 2.35. The van der Waals surface area contributed by atoms with Crippen molar-refractivity contribution >= 4 is 15.5 Å². The van der Waals surface area contributed by atoms with Gasteiger partial charge in [-0.25, -0.2) is 17.2 Å². The summed E-state index contributed by atoms with van der Waals surface area (Å²) in [5.74, 6) is -1.76. The fourth-order valence-corrected chi connectivity index (χ4v) is 3.37. The van der Waals surface area contributed by atoms with Crippen LogP contribution in [0.1, 0.15) is 12.0 Å². The maximum absolute atomic E-state index is 13.8. The van der Waals surface area contributed by atoms with Gasteiger partial charge in [0.25, 0.3) is 0 Å². The van der Waals surface area contributed by atoms with Crippen LogP contribution in [0.15, 0.2) is 12.1 Å². The third-order valence-electron chi connectivity index (χ3n) is 3.02. The summed E-state index contributed by atoms with van der Waals surface area (Å²) in [6.45, 7) is 0.334. The first-order chi connectivity index (χ1) is 8.93. The van der Waals surface area contributed by atoms with E-state index in [0.717, 1.165) is 12.1 Å². The van der Waals surface area contributed by atoms with Gasteiger partial charge in [0.1, 0.15) is 5.69 Å². The van der Waals surface area contributed by atoms with Crippen molar-refractivity contribution < 1.29 is 17.2 Å². The third-order valence-corrected chi connectivity index (χ3v) is 4.73. The van der Waals surface area contributed by atoms with Gasteiger partial charge >= 0.3 is 0 Å². The molecule has 1 saturated heterocycles. The molecule has 102 valence electrons. The van der Waals surface area contributed by atoms with Crippen molar-refractivity contribution in [3.63, 3.8) is 0 Å². The Morgan fingerprint density at radius 2 is 1.79 bits per heavy atom. The van der Waals surface area contributed by atoms with E-state index in [4.69, 9.17) is 5.26 Å². The van der Waals surface area contributed by atoms with Gasteiger partial charge in [-0.1, -0.05) is 0 Å². The number of halogens is 2. The van der Waals surface area contributed by atoms with Crippen LogP contribution in [0.3, 0.4) is 0 Å². The molecule has 7 heteroatoms. The number of hydrogen-bond acceptors (Lipinski definition) is 4. The molecule has 0 bridgehead atoms. The molecule has 1 aromatic carbocycles. The van der Waals surface area contributed by atoms with E-state index in [9.17, 15) is 17.2 Å². The van der Waals surface area contributed by atoms with Crippen LogP contribution in [0.4, 0.5) is 14.5 Å². The molecule has 19 heavy (non-hydrogen) atoms. The molecule has 0 aliphatic carbocycles. The van der Waals surface area contributed by atoms with Crippen molar-refractivity contribution in [3.05, 3.63) is 29.3 Å². The Morgan fingerprint density at radius 1 is 1.16 bits per heavy atom. The lowest BCUT2D eigenvalue weighted by Crippen LogP contribution is -2.28. The Hall–Kier alpha value is -1.68. The zero-order valence-corrected chi connectivity index (χ0v) is 10.9. The number of nitrogens with zero attached hydrogens (tertiary/aromatic N) is 2. The monoisotopic (exact) mass is 286 g/mol. The van der Waals surface area contributed by atoms with Crippen LogP contribution >= 0.6 is 0 Å². The van der Waals surface area contributed by atoms with Gasteiger partial charge in [0.15, 0.2) is 21.5 Å². The van der Waals surface area contributed by atoms with Gasteiger partial charge in [0.05, 0.1) is 23.1 Å². The van der Waals surface area contributed by atoms with Crippen LogP contribution < -0.4 is 4.90 Å². The highest BCUT2D eigenvalue weighted by Gasteiger charge is 2.23. The lowest BCUT2D eigenvalue weighted by molar-refractivity contribution is 0.571. The summed E-state index contributed by atoms with van der Waals surface area (Å²) < 4.78 is 50.6. The molecule has 0 aromatic heterocycles. The van der Waals surface area contributed by atoms with Crippen molar-refractivity contribution in [1.29, 1.82) is 5.26 Å². The molecule has 1 aromatic rings. The second-order valence-electron chi connectivity index (χ2n) is 4.39. The Labute approximate surface area is 110 Å². The molecule has 0 spiro atoms. The van der Waals surface area contributed by atoms with Crippen LogP contribution in [0, 0.1) is 23.0 Å². The summed E-state index contributed by atoms with van der Waals surface area (Å²) in [6.07, 6.45) is 0.335. The van der Waals surface area contributed by atoms with Gasteiger partial charge in [-0.3, -0.25) is 0 Å². The van der Waals surface area contributed by atoms with E-state index in [1.807, 2.05) is 0 Å². The lowest BCUT2D eigenvalue weighted by Gasteiger charge is -2.23. The Bertz CT molecular complexity index is 615. The zero-order valence-electron chi connectivity index (χ0n) is 10.1. The summed E-state index contributed by atoms with van der Waals surface area (Å²) in [5, 5.41) is 8.63. The molecular formula is C12H12F2N2O2S. The van der Waals surface area contributed by atoms with Crippen molar-refractivity contribution in [1.82, 2.24) is 0 Å². The topological polar surface area (TPSA) is 61.2 Å². The number of sulfone groups is 1. The van der Waals surface area contributed by atoms with Crippen molar-refractivity contribution in [2.24, 2.45) is 0 Å². The van der Waals surface area contributed by atoms with Gasteiger partial charge in [0, 0.05) is 13.1 Å². The standard InChI is InChI=1S/C12H12F2N2O2S/c13-10-6-9(8-15)7-11(14)12(10)16-2-1-4-19(17,18)5-3-16/h6-7H,1-5H2. The van der Waals surface area contributed by atoms with Crippen molar-refractivity contribution in [3.8, 4) is 6.07 Å². The van der Waals surface area contributed by atoms with E-state index < -0.39 is 21.5 Å². The molecule has 4 nitrogen and oxygen atoms in total. The minimum absolute atomic E-state index is 0.0308. The van der Waals surface area contributed by atoms with E-state index in [0.29, 0.717) is 6.42 Å². The minimum atomic E-state index is -3.14. The first-order valence-electron chi connectivity index (χ1n) is 5.77. The number of anilines is 1. The molecule has 0 unspecified atom stereocenters. The van der Waals surface area contributed by atoms with E-state index >= 15 is 0 Å². The molecule has 0 radical (unpaired) electrons. The largest absolute Gasteiger partial charge is 0.366 e. The highest BCUT2D eigenvalue weighted by molar-refractivity contribution is 7.91. The van der Waals surface area contributed by atoms with E-state index in [-0.39, 0.29) is 35.8 Å². The Kier molecular flexibility index (Phi) is 3.71. The molecule has 0 N–H and O–H groups in total. The van der Waals surface area contributed by atoms with Crippen LogP contribution in [0.2, 0.25) is 0 Å².